The molecule has 2 aliphatic rings. The quantitative estimate of drug-likeness (QED) is 0.579. The Bertz CT molecular complexity index is 348. The largest absolute Gasteiger partial charge is 0.391 e. The van der Waals surface area contributed by atoms with E-state index in [-0.39, 0.29) is 17.2 Å². The van der Waals surface area contributed by atoms with Crippen LogP contribution in [0.1, 0.15) is 26.2 Å². The molecule has 6 nitrogen and oxygen atoms in total. The minimum Gasteiger partial charge on any atom is -0.391 e. The average molecular weight is 255 g/mol. The molecule has 0 saturated carbocycles. The van der Waals surface area contributed by atoms with Crippen LogP contribution in [0.3, 0.4) is 0 Å². The van der Waals surface area contributed by atoms with Gasteiger partial charge in [0.25, 0.3) is 0 Å². The van der Waals surface area contributed by atoms with Crippen molar-refractivity contribution in [1.82, 2.24) is 10.2 Å². The number of rotatable bonds is 2. The minimum atomic E-state index is -0.864. The third kappa shape index (κ3) is 2.22. The second-order valence-corrected chi connectivity index (χ2v) is 5.38. The van der Waals surface area contributed by atoms with Crippen LogP contribution < -0.4 is 11.1 Å². The van der Waals surface area contributed by atoms with Crippen molar-refractivity contribution in [3.8, 4) is 0 Å². The molecule has 102 valence electrons. The zero-order valence-electron chi connectivity index (χ0n) is 10.7. The molecule has 2 amide bonds. The van der Waals surface area contributed by atoms with Crippen molar-refractivity contribution >= 4 is 11.8 Å². The van der Waals surface area contributed by atoms with Crippen molar-refractivity contribution in [2.45, 2.75) is 38.3 Å². The molecule has 0 bridgehead atoms. The lowest BCUT2D eigenvalue weighted by Crippen LogP contribution is -2.53. The lowest BCUT2D eigenvalue weighted by Gasteiger charge is -2.38. The molecule has 2 atom stereocenters. The van der Waals surface area contributed by atoms with E-state index in [1.807, 2.05) is 0 Å². The molecular formula is C12H21N3O3. The number of nitrogens with two attached hydrogens (primary N) is 1. The molecule has 0 aromatic heterocycles. The number of hydrogen-bond acceptors (Lipinski definition) is 4. The number of carbonyl (C=O) groups is 2. The first-order valence-electron chi connectivity index (χ1n) is 6.47. The highest BCUT2D eigenvalue weighted by Gasteiger charge is 2.45. The Morgan fingerprint density at radius 1 is 1.44 bits per heavy atom. The molecule has 2 heterocycles. The molecule has 0 unspecified atom stereocenters. The van der Waals surface area contributed by atoms with Gasteiger partial charge in [-0.25, -0.2) is 0 Å². The van der Waals surface area contributed by atoms with Gasteiger partial charge in [-0.2, -0.15) is 0 Å². The molecule has 0 aromatic rings. The van der Waals surface area contributed by atoms with Crippen molar-refractivity contribution in [2.75, 3.05) is 19.6 Å². The highest BCUT2D eigenvalue weighted by molar-refractivity contribution is 5.86. The first kappa shape index (κ1) is 13.3. The Hall–Kier alpha value is -1.14. The van der Waals surface area contributed by atoms with Crippen LogP contribution in [-0.2, 0) is 9.59 Å². The van der Waals surface area contributed by atoms with Crippen LogP contribution in [0, 0.1) is 5.41 Å². The number of nitrogens with zero attached hydrogens (tertiary/aromatic N) is 1. The van der Waals surface area contributed by atoms with Gasteiger partial charge in [0.15, 0.2) is 0 Å². The summed E-state index contributed by atoms with van der Waals surface area (Å²) in [7, 11) is 0. The van der Waals surface area contributed by atoms with Gasteiger partial charge in [0.2, 0.25) is 11.8 Å². The number of piperidine rings is 1. The second kappa shape index (κ2) is 4.85. The molecule has 4 N–H and O–H groups in total. The smallest absolute Gasteiger partial charge is 0.242 e. The fourth-order valence-electron chi connectivity index (χ4n) is 2.77. The van der Waals surface area contributed by atoms with Crippen molar-refractivity contribution in [3.63, 3.8) is 0 Å². The molecule has 0 aliphatic carbocycles. The average Bonchev–Trinajstić information content (AvgIpc) is 2.70. The van der Waals surface area contributed by atoms with Crippen LogP contribution in [-0.4, -0.2) is 53.6 Å². The molecule has 2 saturated heterocycles. The molecule has 2 rings (SSSR count). The monoisotopic (exact) mass is 255 g/mol. The summed E-state index contributed by atoms with van der Waals surface area (Å²) in [4.78, 5) is 25.4. The maximum atomic E-state index is 12.0. The Morgan fingerprint density at radius 2 is 2.06 bits per heavy atom. The van der Waals surface area contributed by atoms with Crippen molar-refractivity contribution in [2.24, 2.45) is 11.1 Å². The van der Waals surface area contributed by atoms with Gasteiger partial charge in [0.05, 0.1) is 11.5 Å². The standard InChI is InChI=1S/C12H21N3O3/c1-8(16)9(13)10(17)15-6-3-12(4-7-15)2-5-14-11(12)18/h8-9,16H,2-7,13H2,1H3,(H,14,18)/t8-,9+/m1/s1. The zero-order valence-corrected chi connectivity index (χ0v) is 10.7. The summed E-state index contributed by atoms with van der Waals surface area (Å²) in [5.74, 6) is -0.104. The van der Waals surface area contributed by atoms with Crippen LogP contribution in [0.4, 0.5) is 0 Å². The Kier molecular flexibility index (Phi) is 3.59. The van der Waals surface area contributed by atoms with E-state index in [0.717, 1.165) is 13.0 Å². The number of aliphatic hydroxyl groups excluding tert-OH is 1. The first-order chi connectivity index (χ1) is 8.46. The lowest BCUT2D eigenvalue weighted by molar-refractivity contribution is -0.140. The SMILES string of the molecule is C[C@@H](O)[C@H](N)C(=O)N1CCC2(CCNC2=O)CC1. The Balaban J connectivity index is 1.94. The Labute approximate surface area is 107 Å². The molecule has 2 fully saturated rings. The van der Waals surface area contributed by atoms with Crippen LogP contribution in [0.25, 0.3) is 0 Å². The number of carbonyl (C=O) groups excluding carboxylic acids is 2. The summed E-state index contributed by atoms with van der Waals surface area (Å²) in [6.07, 6.45) is 1.40. The molecule has 18 heavy (non-hydrogen) atoms. The molecule has 6 heteroatoms. The lowest BCUT2D eigenvalue weighted by atomic mass is 9.77. The van der Waals surface area contributed by atoms with Crippen LogP contribution >= 0.6 is 0 Å². The molecule has 1 spiro atoms. The second-order valence-electron chi connectivity index (χ2n) is 5.38. The van der Waals surface area contributed by atoms with Gasteiger partial charge in [-0.3, -0.25) is 9.59 Å². The summed E-state index contributed by atoms with van der Waals surface area (Å²) < 4.78 is 0. The number of nitrogens with one attached hydrogen (secondary N) is 1. The van der Waals surface area contributed by atoms with E-state index in [2.05, 4.69) is 5.32 Å². The van der Waals surface area contributed by atoms with Gasteiger partial charge in [-0.1, -0.05) is 0 Å². The van der Waals surface area contributed by atoms with E-state index in [1.54, 1.807) is 4.90 Å². The summed E-state index contributed by atoms with van der Waals surface area (Å²) in [5.41, 5.74) is 5.37. The Morgan fingerprint density at radius 3 is 2.50 bits per heavy atom. The predicted octanol–water partition coefficient (Wildman–Crippen LogP) is -1.18. The minimum absolute atomic E-state index is 0.120. The fraction of sp³-hybridized carbons (Fsp3) is 0.833. The third-order valence-electron chi connectivity index (χ3n) is 4.21. The van der Waals surface area contributed by atoms with Crippen LogP contribution in [0.15, 0.2) is 0 Å². The van der Waals surface area contributed by atoms with Gasteiger partial charge >= 0.3 is 0 Å². The van der Waals surface area contributed by atoms with Crippen molar-refractivity contribution in [1.29, 1.82) is 0 Å². The first-order valence-corrected chi connectivity index (χ1v) is 6.47. The third-order valence-corrected chi connectivity index (χ3v) is 4.21. The highest BCUT2D eigenvalue weighted by atomic mass is 16.3. The number of likely N-dealkylation sites (tertiary alicyclic amines) is 1. The summed E-state index contributed by atoms with van der Waals surface area (Å²) >= 11 is 0. The van der Waals surface area contributed by atoms with Gasteiger partial charge in [-0.05, 0) is 26.2 Å². The van der Waals surface area contributed by atoms with Crippen molar-refractivity contribution < 1.29 is 14.7 Å². The van der Waals surface area contributed by atoms with Gasteiger partial charge < -0.3 is 21.1 Å². The van der Waals surface area contributed by atoms with Gasteiger partial charge in [-0.15, -0.1) is 0 Å². The normalized spacial score (nSPS) is 25.9. The maximum Gasteiger partial charge on any atom is 0.242 e. The van der Waals surface area contributed by atoms with E-state index >= 15 is 0 Å². The fourth-order valence-corrected chi connectivity index (χ4v) is 2.77. The molecule has 0 radical (unpaired) electrons. The molecular weight excluding hydrogens is 234 g/mol. The summed E-state index contributed by atoms with van der Waals surface area (Å²) in [6.45, 7) is 3.34. The summed E-state index contributed by atoms with van der Waals surface area (Å²) in [6, 6.07) is -0.864. The molecule has 2 aliphatic heterocycles. The van der Waals surface area contributed by atoms with Gasteiger partial charge in [0, 0.05) is 19.6 Å². The predicted molar refractivity (Wildman–Crippen MR) is 65.5 cm³/mol. The van der Waals surface area contributed by atoms with Crippen LogP contribution in [0.5, 0.6) is 0 Å². The molecule has 0 aromatic carbocycles. The van der Waals surface area contributed by atoms with E-state index in [4.69, 9.17) is 5.73 Å². The topological polar surface area (TPSA) is 95.7 Å². The number of amides is 2. The number of aliphatic hydroxyl groups is 1. The van der Waals surface area contributed by atoms with Crippen molar-refractivity contribution in [3.05, 3.63) is 0 Å². The summed E-state index contributed by atoms with van der Waals surface area (Å²) in [5, 5.41) is 12.2. The highest BCUT2D eigenvalue weighted by Crippen LogP contribution is 2.38. The van der Waals surface area contributed by atoms with E-state index in [1.165, 1.54) is 6.92 Å². The van der Waals surface area contributed by atoms with E-state index in [9.17, 15) is 14.7 Å². The van der Waals surface area contributed by atoms with Crippen LogP contribution in [0.2, 0.25) is 0 Å². The van der Waals surface area contributed by atoms with E-state index in [0.29, 0.717) is 25.9 Å². The maximum absolute atomic E-state index is 12.0. The number of hydrogen-bond donors (Lipinski definition) is 3. The van der Waals surface area contributed by atoms with Gasteiger partial charge in [0.1, 0.15) is 6.04 Å². The van der Waals surface area contributed by atoms with E-state index < -0.39 is 12.1 Å². The zero-order chi connectivity index (χ0) is 13.3.